The molecular weight excluding hydrogens is 255 g/mol. The molecule has 0 heterocycles. The van der Waals surface area contributed by atoms with Gasteiger partial charge in [0.25, 0.3) is 0 Å². The standard InChI is InChI=1S/C14H14F3NO/c1-10-7-12(5-3-4-6-18-11(2)19)9-13(8-10)14(15,16)17/h7-9H,4,6H2,1-2H3,(H,18,19). The number of halogens is 3. The number of carbonyl (C=O) groups is 1. The second kappa shape index (κ2) is 6.28. The van der Waals surface area contributed by atoms with E-state index in [0.29, 0.717) is 24.1 Å². The molecular formula is C14H14F3NO. The Labute approximate surface area is 110 Å². The number of carbonyl (C=O) groups excluding carboxylic acids is 1. The monoisotopic (exact) mass is 269 g/mol. The first-order chi connectivity index (χ1) is 8.79. The molecule has 1 N–H and O–H groups in total. The minimum absolute atomic E-state index is 0.156. The van der Waals surface area contributed by atoms with E-state index in [-0.39, 0.29) is 5.91 Å². The van der Waals surface area contributed by atoms with E-state index in [2.05, 4.69) is 17.2 Å². The summed E-state index contributed by atoms with van der Waals surface area (Å²) in [5, 5.41) is 2.56. The summed E-state index contributed by atoms with van der Waals surface area (Å²) in [6, 6.07) is 3.71. The molecule has 0 bridgehead atoms. The van der Waals surface area contributed by atoms with Crippen LogP contribution >= 0.6 is 0 Å². The van der Waals surface area contributed by atoms with Gasteiger partial charge in [0.05, 0.1) is 5.56 Å². The van der Waals surface area contributed by atoms with E-state index in [1.807, 2.05) is 0 Å². The fourth-order valence-electron chi connectivity index (χ4n) is 1.48. The average molecular weight is 269 g/mol. The largest absolute Gasteiger partial charge is 0.416 e. The van der Waals surface area contributed by atoms with Crippen molar-refractivity contribution in [2.75, 3.05) is 6.54 Å². The van der Waals surface area contributed by atoms with Gasteiger partial charge in [0.15, 0.2) is 0 Å². The second-order valence-electron chi connectivity index (χ2n) is 4.12. The molecule has 1 aromatic carbocycles. The topological polar surface area (TPSA) is 29.1 Å². The predicted molar refractivity (Wildman–Crippen MR) is 66.4 cm³/mol. The van der Waals surface area contributed by atoms with E-state index in [9.17, 15) is 18.0 Å². The lowest BCUT2D eigenvalue weighted by molar-refractivity contribution is -0.137. The van der Waals surface area contributed by atoms with Crippen LogP contribution in [0.15, 0.2) is 18.2 Å². The lowest BCUT2D eigenvalue weighted by atomic mass is 10.1. The molecule has 0 aliphatic rings. The van der Waals surface area contributed by atoms with Gasteiger partial charge in [-0.1, -0.05) is 11.8 Å². The maximum absolute atomic E-state index is 12.6. The van der Waals surface area contributed by atoms with Crippen molar-refractivity contribution in [3.63, 3.8) is 0 Å². The van der Waals surface area contributed by atoms with Gasteiger partial charge in [0.1, 0.15) is 0 Å². The molecule has 0 saturated heterocycles. The zero-order chi connectivity index (χ0) is 14.5. The van der Waals surface area contributed by atoms with Crippen LogP contribution in [0.25, 0.3) is 0 Å². The Morgan fingerprint density at radius 2 is 2.00 bits per heavy atom. The summed E-state index contributed by atoms with van der Waals surface area (Å²) in [7, 11) is 0. The number of hydrogen-bond acceptors (Lipinski definition) is 1. The number of hydrogen-bond donors (Lipinski definition) is 1. The highest BCUT2D eigenvalue weighted by atomic mass is 19.4. The van der Waals surface area contributed by atoms with E-state index < -0.39 is 11.7 Å². The van der Waals surface area contributed by atoms with Crippen LogP contribution in [0.5, 0.6) is 0 Å². The highest BCUT2D eigenvalue weighted by molar-refractivity contribution is 5.72. The maximum Gasteiger partial charge on any atom is 0.416 e. The molecule has 19 heavy (non-hydrogen) atoms. The summed E-state index contributed by atoms with van der Waals surface area (Å²) >= 11 is 0. The van der Waals surface area contributed by atoms with Gasteiger partial charge >= 0.3 is 6.18 Å². The molecule has 1 amide bonds. The van der Waals surface area contributed by atoms with Crippen LogP contribution in [0.4, 0.5) is 13.2 Å². The molecule has 1 aromatic rings. The van der Waals surface area contributed by atoms with Crippen LogP contribution in [0, 0.1) is 18.8 Å². The van der Waals surface area contributed by atoms with Crippen molar-refractivity contribution in [2.24, 2.45) is 0 Å². The van der Waals surface area contributed by atoms with Gasteiger partial charge in [-0.15, -0.1) is 0 Å². The molecule has 0 spiro atoms. The number of aryl methyl sites for hydroxylation is 1. The van der Waals surface area contributed by atoms with Crippen LogP contribution in [-0.2, 0) is 11.0 Å². The van der Waals surface area contributed by atoms with Crippen molar-refractivity contribution in [1.29, 1.82) is 0 Å². The Hall–Kier alpha value is -1.96. The summed E-state index contributed by atoms with van der Waals surface area (Å²) in [5.41, 5.74) is 0.148. The molecule has 1 rings (SSSR count). The average Bonchev–Trinajstić information content (AvgIpc) is 2.26. The van der Waals surface area contributed by atoms with Gasteiger partial charge in [-0.2, -0.15) is 13.2 Å². The highest BCUT2D eigenvalue weighted by Crippen LogP contribution is 2.30. The van der Waals surface area contributed by atoms with Gasteiger partial charge in [0.2, 0.25) is 5.91 Å². The van der Waals surface area contributed by atoms with E-state index in [1.54, 1.807) is 13.0 Å². The van der Waals surface area contributed by atoms with Crippen LogP contribution in [0.3, 0.4) is 0 Å². The van der Waals surface area contributed by atoms with E-state index in [1.165, 1.54) is 6.92 Å². The molecule has 102 valence electrons. The van der Waals surface area contributed by atoms with Crippen LogP contribution in [-0.4, -0.2) is 12.5 Å². The normalized spacial score (nSPS) is 10.6. The van der Waals surface area contributed by atoms with Gasteiger partial charge < -0.3 is 5.32 Å². The molecule has 5 heteroatoms. The van der Waals surface area contributed by atoms with Crippen molar-refractivity contribution in [1.82, 2.24) is 5.32 Å². The lowest BCUT2D eigenvalue weighted by Gasteiger charge is -2.07. The zero-order valence-corrected chi connectivity index (χ0v) is 10.7. The fraction of sp³-hybridized carbons (Fsp3) is 0.357. The summed E-state index contributed by atoms with van der Waals surface area (Å²) in [6.07, 6.45) is -3.96. The van der Waals surface area contributed by atoms with Crippen molar-refractivity contribution in [3.8, 4) is 11.8 Å². The van der Waals surface area contributed by atoms with Crippen molar-refractivity contribution < 1.29 is 18.0 Å². The summed E-state index contributed by atoms with van der Waals surface area (Å²) in [6.45, 7) is 3.38. The third-order valence-corrected chi connectivity index (χ3v) is 2.26. The molecule has 2 nitrogen and oxygen atoms in total. The first kappa shape index (κ1) is 15.1. The molecule has 0 atom stereocenters. The summed E-state index contributed by atoms with van der Waals surface area (Å²) in [4.78, 5) is 10.6. The third-order valence-electron chi connectivity index (χ3n) is 2.26. The number of nitrogens with one attached hydrogen (secondary N) is 1. The van der Waals surface area contributed by atoms with Crippen LogP contribution in [0.2, 0.25) is 0 Å². The number of alkyl halides is 3. The zero-order valence-electron chi connectivity index (χ0n) is 10.7. The molecule has 0 fully saturated rings. The van der Waals surface area contributed by atoms with Crippen LogP contribution in [0.1, 0.15) is 30.0 Å². The van der Waals surface area contributed by atoms with E-state index in [0.717, 1.165) is 12.1 Å². The van der Waals surface area contributed by atoms with E-state index in [4.69, 9.17) is 0 Å². The van der Waals surface area contributed by atoms with Crippen LogP contribution < -0.4 is 5.32 Å². The van der Waals surface area contributed by atoms with Gasteiger partial charge in [0, 0.05) is 25.5 Å². The van der Waals surface area contributed by atoms with Crippen molar-refractivity contribution >= 4 is 5.91 Å². The number of benzene rings is 1. The third kappa shape index (κ3) is 5.47. The maximum atomic E-state index is 12.6. The first-order valence-corrected chi connectivity index (χ1v) is 5.71. The second-order valence-corrected chi connectivity index (χ2v) is 4.12. The van der Waals surface area contributed by atoms with E-state index >= 15 is 0 Å². The lowest BCUT2D eigenvalue weighted by Crippen LogP contribution is -2.20. The summed E-state index contributed by atoms with van der Waals surface area (Å²) in [5.74, 6) is 5.25. The Balaban J connectivity index is 2.77. The predicted octanol–water partition coefficient (Wildman–Crippen LogP) is 2.89. The minimum Gasteiger partial charge on any atom is -0.355 e. The smallest absolute Gasteiger partial charge is 0.355 e. The number of rotatable bonds is 2. The molecule has 0 aliphatic heterocycles. The SMILES string of the molecule is CC(=O)NCCC#Cc1cc(C)cc(C(F)(F)F)c1. The van der Waals surface area contributed by atoms with Crippen molar-refractivity contribution in [2.45, 2.75) is 26.4 Å². The van der Waals surface area contributed by atoms with Gasteiger partial charge in [-0.25, -0.2) is 0 Å². The summed E-state index contributed by atoms with van der Waals surface area (Å²) < 4.78 is 37.8. The Bertz CT molecular complexity index is 524. The molecule has 0 aliphatic carbocycles. The first-order valence-electron chi connectivity index (χ1n) is 5.71. The molecule has 0 aromatic heterocycles. The van der Waals surface area contributed by atoms with Gasteiger partial charge in [-0.05, 0) is 30.7 Å². The molecule has 0 radical (unpaired) electrons. The minimum atomic E-state index is -4.36. The Morgan fingerprint density at radius 1 is 1.32 bits per heavy atom. The number of amides is 1. The van der Waals surface area contributed by atoms with Crippen molar-refractivity contribution in [3.05, 3.63) is 34.9 Å². The molecule has 0 saturated carbocycles. The fourth-order valence-corrected chi connectivity index (χ4v) is 1.48. The van der Waals surface area contributed by atoms with Gasteiger partial charge in [-0.3, -0.25) is 4.79 Å². The Morgan fingerprint density at radius 3 is 2.58 bits per heavy atom. The molecule has 0 unspecified atom stereocenters. The quantitative estimate of drug-likeness (QED) is 0.649. The highest BCUT2D eigenvalue weighted by Gasteiger charge is 2.30. The Kier molecular flexibility index (Phi) is 4.99.